The van der Waals surface area contributed by atoms with Gasteiger partial charge in [0.15, 0.2) is 0 Å². The molecule has 0 aromatic carbocycles. The summed E-state index contributed by atoms with van der Waals surface area (Å²) in [7, 11) is 0. The van der Waals surface area contributed by atoms with Crippen molar-refractivity contribution in [2.24, 2.45) is 17.3 Å². The molecule has 1 aliphatic rings. The maximum Gasteiger partial charge on any atom is 0.310 e. The van der Waals surface area contributed by atoms with Crippen LogP contribution in [-0.2, 0) is 14.3 Å². The van der Waals surface area contributed by atoms with Crippen molar-refractivity contribution in [1.29, 1.82) is 0 Å². The van der Waals surface area contributed by atoms with Gasteiger partial charge in [-0.1, -0.05) is 13.8 Å². The summed E-state index contributed by atoms with van der Waals surface area (Å²) in [6, 6.07) is 0. The monoisotopic (exact) mass is 184 g/mol. The topological polar surface area (TPSA) is 43.4 Å². The summed E-state index contributed by atoms with van der Waals surface area (Å²) in [5.74, 6) is -0.493. The molecule has 1 fully saturated rings. The van der Waals surface area contributed by atoms with Gasteiger partial charge in [-0.25, -0.2) is 0 Å². The first-order valence-electron chi connectivity index (χ1n) is 4.60. The third-order valence-corrected chi connectivity index (χ3v) is 2.81. The molecule has 0 heterocycles. The second-order valence-electron chi connectivity index (χ2n) is 4.14. The molecule has 0 unspecified atom stereocenters. The van der Waals surface area contributed by atoms with Gasteiger partial charge >= 0.3 is 5.97 Å². The van der Waals surface area contributed by atoms with Crippen molar-refractivity contribution in [1.82, 2.24) is 0 Å². The Bertz CT molecular complexity index is 243. The summed E-state index contributed by atoms with van der Waals surface area (Å²) in [6.45, 7) is 7.55. The highest BCUT2D eigenvalue weighted by molar-refractivity contribution is 5.92. The summed E-state index contributed by atoms with van der Waals surface area (Å²) < 4.78 is 4.89. The lowest BCUT2D eigenvalue weighted by atomic mass is 10.1. The standard InChI is InChI=1S/C10H16O3/c1-5-13-9(12)8-7(6(2)11)10(8,3)4/h7-8H,5H2,1-4H3/t7-,8-/m0/s1. The molecule has 0 aromatic rings. The van der Waals surface area contributed by atoms with E-state index in [9.17, 15) is 9.59 Å². The van der Waals surface area contributed by atoms with Crippen LogP contribution in [0.1, 0.15) is 27.7 Å². The molecule has 1 aliphatic carbocycles. The van der Waals surface area contributed by atoms with Crippen molar-refractivity contribution in [3.63, 3.8) is 0 Å². The molecular weight excluding hydrogens is 168 g/mol. The number of carbonyl (C=O) groups is 2. The van der Waals surface area contributed by atoms with Crippen LogP contribution in [0.5, 0.6) is 0 Å². The van der Waals surface area contributed by atoms with E-state index in [1.54, 1.807) is 6.92 Å². The number of ketones is 1. The Morgan fingerprint density at radius 2 is 1.85 bits per heavy atom. The molecule has 13 heavy (non-hydrogen) atoms. The van der Waals surface area contributed by atoms with E-state index >= 15 is 0 Å². The van der Waals surface area contributed by atoms with Gasteiger partial charge in [-0.05, 0) is 19.3 Å². The highest BCUT2D eigenvalue weighted by Crippen LogP contribution is 2.59. The van der Waals surface area contributed by atoms with Crippen LogP contribution in [0.2, 0.25) is 0 Å². The smallest absolute Gasteiger partial charge is 0.310 e. The van der Waals surface area contributed by atoms with Crippen molar-refractivity contribution in [3.8, 4) is 0 Å². The quantitative estimate of drug-likeness (QED) is 0.623. The summed E-state index contributed by atoms with van der Waals surface area (Å²) in [5, 5.41) is 0. The molecule has 2 atom stereocenters. The van der Waals surface area contributed by atoms with E-state index in [1.807, 2.05) is 13.8 Å². The Kier molecular flexibility index (Phi) is 2.46. The van der Waals surface area contributed by atoms with E-state index in [1.165, 1.54) is 6.92 Å². The Morgan fingerprint density at radius 3 is 2.15 bits per heavy atom. The van der Waals surface area contributed by atoms with Gasteiger partial charge < -0.3 is 4.74 Å². The van der Waals surface area contributed by atoms with E-state index in [4.69, 9.17) is 4.74 Å². The van der Waals surface area contributed by atoms with Gasteiger partial charge in [0.25, 0.3) is 0 Å². The van der Waals surface area contributed by atoms with Crippen LogP contribution in [0.3, 0.4) is 0 Å². The Hall–Kier alpha value is -0.860. The number of rotatable bonds is 3. The van der Waals surface area contributed by atoms with Crippen LogP contribution >= 0.6 is 0 Å². The second kappa shape index (κ2) is 3.13. The first kappa shape index (κ1) is 10.2. The van der Waals surface area contributed by atoms with Gasteiger partial charge in [0, 0.05) is 5.92 Å². The van der Waals surface area contributed by atoms with E-state index in [2.05, 4.69) is 0 Å². The molecule has 0 radical (unpaired) electrons. The van der Waals surface area contributed by atoms with Crippen LogP contribution in [-0.4, -0.2) is 18.4 Å². The zero-order chi connectivity index (χ0) is 10.2. The van der Waals surface area contributed by atoms with E-state index in [-0.39, 0.29) is 29.0 Å². The average Bonchev–Trinajstić information content (AvgIpc) is 2.54. The summed E-state index contributed by atoms with van der Waals surface area (Å²) in [4.78, 5) is 22.5. The van der Waals surface area contributed by atoms with Crippen LogP contribution < -0.4 is 0 Å². The van der Waals surface area contributed by atoms with Crippen molar-refractivity contribution in [2.75, 3.05) is 6.61 Å². The van der Waals surface area contributed by atoms with Crippen molar-refractivity contribution in [2.45, 2.75) is 27.7 Å². The van der Waals surface area contributed by atoms with Crippen LogP contribution in [0.25, 0.3) is 0 Å². The maximum atomic E-state index is 11.4. The largest absolute Gasteiger partial charge is 0.466 e. The zero-order valence-corrected chi connectivity index (χ0v) is 8.59. The van der Waals surface area contributed by atoms with Gasteiger partial charge in [0.1, 0.15) is 5.78 Å². The van der Waals surface area contributed by atoms with Crippen LogP contribution in [0.4, 0.5) is 0 Å². The molecule has 3 heteroatoms. The molecule has 0 bridgehead atoms. The van der Waals surface area contributed by atoms with Gasteiger partial charge in [0.05, 0.1) is 12.5 Å². The predicted molar refractivity (Wildman–Crippen MR) is 48.1 cm³/mol. The normalized spacial score (nSPS) is 29.5. The van der Waals surface area contributed by atoms with Crippen LogP contribution in [0, 0.1) is 17.3 Å². The van der Waals surface area contributed by atoms with E-state index < -0.39 is 0 Å². The number of hydrogen-bond acceptors (Lipinski definition) is 3. The Balaban J connectivity index is 2.65. The van der Waals surface area contributed by atoms with Crippen molar-refractivity contribution in [3.05, 3.63) is 0 Å². The van der Waals surface area contributed by atoms with Gasteiger partial charge in [-0.15, -0.1) is 0 Å². The Labute approximate surface area is 78.5 Å². The molecule has 0 amide bonds. The lowest BCUT2D eigenvalue weighted by Crippen LogP contribution is -2.10. The summed E-state index contributed by atoms with van der Waals surface area (Å²) in [6.07, 6.45) is 0. The molecule has 74 valence electrons. The molecule has 0 aliphatic heterocycles. The van der Waals surface area contributed by atoms with Crippen molar-refractivity contribution < 1.29 is 14.3 Å². The lowest BCUT2D eigenvalue weighted by Gasteiger charge is -2.01. The highest BCUT2D eigenvalue weighted by atomic mass is 16.5. The number of Topliss-reactive ketones (excluding diaryl/α,β-unsaturated/α-hetero) is 1. The minimum absolute atomic E-state index is 0.0862. The number of ether oxygens (including phenoxy) is 1. The molecule has 1 saturated carbocycles. The molecule has 1 rings (SSSR count). The highest BCUT2D eigenvalue weighted by Gasteiger charge is 2.64. The summed E-state index contributed by atoms with van der Waals surface area (Å²) in [5.41, 5.74) is -0.196. The third-order valence-electron chi connectivity index (χ3n) is 2.81. The lowest BCUT2D eigenvalue weighted by molar-refractivity contribution is -0.146. The zero-order valence-electron chi connectivity index (χ0n) is 8.59. The minimum Gasteiger partial charge on any atom is -0.466 e. The molecule has 0 N–H and O–H groups in total. The molecule has 0 aromatic heterocycles. The molecule has 0 saturated heterocycles. The van der Waals surface area contributed by atoms with E-state index in [0.29, 0.717) is 6.61 Å². The average molecular weight is 184 g/mol. The fraction of sp³-hybridized carbons (Fsp3) is 0.800. The summed E-state index contributed by atoms with van der Waals surface area (Å²) >= 11 is 0. The minimum atomic E-state index is -0.229. The third kappa shape index (κ3) is 1.60. The Morgan fingerprint density at radius 1 is 1.31 bits per heavy atom. The predicted octanol–water partition coefficient (Wildman–Crippen LogP) is 1.41. The fourth-order valence-electron chi connectivity index (χ4n) is 2.07. The SMILES string of the molecule is CCOC(=O)[C@@H]1[C@H](C(C)=O)C1(C)C. The van der Waals surface area contributed by atoms with E-state index in [0.717, 1.165) is 0 Å². The van der Waals surface area contributed by atoms with Gasteiger partial charge in [-0.3, -0.25) is 9.59 Å². The number of carbonyl (C=O) groups excluding carboxylic acids is 2. The second-order valence-corrected chi connectivity index (χ2v) is 4.14. The maximum absolute atomic E-state index is 11.4. The fourth-order valence-corrected chi connectivity index (χ4v) is 2.07. The molecular formula is C10H16O3. The van der Waals surface area contributed by atoms with Crippen LogP contribution in [0.15, 0.2) is 0 Å². The molecule has 3 nitrogen and oxygen atoms in total. The van der Waals surface area contributed by atoms with Gasteiger partial charge in [-0.2, -0.15) is 0 Å². The molecule has 0 spiro atoms. The van der Waals surface area contributed by atoms with Crippen molar-refractivity contribution >= 4 is 11.8 Å². The first-order chi connectivity index (χ1) is 5.92. The number of esters is 1. The van der Waals surface area contributed by atoms with Gasteiger partial charge in [0.2, 0.25) is 0 Å². The first-order valence-corrected chi connectivity index (χ1v) is 4.60. The number of hydrogen-bond donors (Lipinski definition) is 0.